The third-order valence-electron chi connectivity index (χ3n) is 3.63. The van der Waals surface area contributed by atoms with E-state index >= 15 is 0 Å². The lowest BCUT2D eigenvalue weighted by molar-refractivity contribution is 0.198. The Morgan fingerprint density at radius 2 is 2.24 bits per heavy atom. The normalized spacial score (nSPS) is 17.9. The van der Waals surface area contributed by atoms with Crippen molar-refractivity contribution < 1.29 is 9.15 Å². The number of halogens is 2. The molecule has 0 N–H and O–H groups in total. The average Bonchev–Trinajstić information content (AvgIpc) is 3.08. The summed E-state index contributed by atoms with van der Waals surface area (Å²) in [7, 11) is 2.15. The third-order valence-corrected chi connectivity index (χ3v) is 3.63. The van der Waals surface area contributed by atoms with Crippen LogP contribution >= 0.6 is 24.8 Å². The highest BCUT2D eigenvalue weighted by Crippen LogP contribution is 2.23. The van der Waals surface area contributed by atoms with Gasteiger partial charge < -0.3 is 14.1 Å². The summed E-state index contributed by atoms with van der Waals surface area (Å²) in [6, 6.07) is 6.29. The maximum Gasteiger partial charge on any atom is 0.138 e. The highest BCUT2D eigenvalue weighted by Gasteiger charge is 2.21. The van der Waals surface area contributed by atoms with Gasteiger partial charge in [0.05, 0.1) is 12.5 Å². The monoisotopic (exact) mass is 330 g/mol. The van der Waals surface area contributed by atoms with Crippen LogP contribution < -0.4 is 4.74 Å². The van der Waals surface area contributed by atoms with Crippen molar-refractivity contribution in [1.29, 1.82) is 0 Å². The molecular weight excluding hydrogens is 311 g/mol. The fourth-order valence-electron chi connectivity index (χ4n) is 2.46. The Morgan fingerprint density at radius 3 is 2.90 bits per heavy atom. The second-order valence-corrected chi connectivity index (χ2v) is 4.97. The van der Waals surface area contributed by atoms with E-state index in [1.807, 2.05) is 18.2 Å². The van der Waals surface area contributed by atoms with Crippen LogP contribution in [-0.2, 0) is 0 Å². The second kappa shape index (κ2) is 8.27. The summed E-state index contributed by atoms with van der Waals surface area (Å²) in [4.78, 5) is 6.56. The van der Waals surface area contributed by atoms with Crippen LogP contribution in [0.2, 0.25) is 0 Å². The number of furan rings is 1. The van der Waals surface area contributed by atoms with Crippen molar-refractivity contribution in [2.45, 2.75) is 18.9 Å². The van der Waals surface area contributed by atoms with Crippen LogP contribution in [0.15, 0.2) is 41.3 Å². The molecule has 4 nitrogen and oxygen atoms in total. The van der Waals surface area contributed by atoms with Crippen LogP contribution in [0.5, 0.6) is 5.75 Å². The molecule has 6 heteroatoms. The zero-order valence-electron chi connectivity index (χ0n) is 11.9. The number of likely N-dealkylation sites (tertiary alicyclic amines) is 1. The first-order valence-corrected chi connectivity index (χ1v) is 6.65. The Hall–Kier alpha value is -1.23. The van der Waals surface area contributed by atoms with E-state index < -0.39 is 0 Å². The number of ether oxygens (including phenoxy) is 1. The lowest BCUT2D eigenvalue weighted by atomic mass is 10.2. The Balaban J connectivity index is 0.00000110. The van der Waals surface area contributed by atoms with Crippen molar-refractivity contribution in [1.82, 2.24) is 9.88 Å². The quantitative estimate of drug-likeness (QED) is 0.857. The minimum Gasteiger partial charge on any atom is -0.490 e. The molecule has 0 amide bonds. The van der Waals surface area contributed by atoms with Crippen LogP contribution in [-0.4, -0.2) is 36.1 Å². The average molecular weight is 331 g/mol. The van der Waals surface area contributed by atoms with E-state index in [0.717, 1.165) is 23.7 Å². The van der Waals surface area contributed by atoms with Crippen LogP contribution in [0.25, 0.3) is 11.3 Å². The van der Waals surface area contributed by atoms with E-state index in [4.69, 9.17) is 9.15 Å². The van der Waals surface area contributed by atoms with E-state index in [1.165, 1.54) is 19.4 Å². The molecule has 0 aromatic carbocycles. The summed E-state index contributed by atoms with van der Waals surface area (Å²) in [6.45, 7) is 1.89. The van der Waals surface area contributed by atoms with Gasteiger partial charge in [0.1, 0.15) is 18.1 Å². The van der Waals surface area contributed by atoms with Crippen LogP contribution in [0.1, 0.15) is 12.8 Å². The molecular formula is C15H20Cl2N2O2. The molecule has 0 bridgehead atoms. The van der Waals surface area contributed by atoms with Gasteiger partial charge in [-0.15, -0.1) is 24.8 Å². The molecule has 3 heterocycles. The summed E-state index contributed by atoms with van der Waals surface area (Å²) >= 11 is 0. The summed E-state index contributed by atoms with van der Waals surface area (Å²) in [6.07, 6.45) is 7.67. The van der Waals surface area contributed by atoms with Gasteiger partial charge in [-0.1, -0.05) is 0 Å². The van der Waals surface area contributed by atoms with Crippen molar-refractivity contribution in [2.24, 2.45) is 0 Å². The molecule has 1 atom stereocenters. The maximum absolute atomic E-state index is 5.85. The molecule has 2 aromatic rings. The molecule has 0 radical (unpaired) electrons. The van der Waals surface area contributed by atoms with Gasteiger partial charge in [-0.05, 0) is 44.6 Å². The second-order valence-electron chi connectivity index (χ2n) is 4.97. The van der Waals surface area contributed by atoms with Gasteiger partial charge in [0.15, 0.2) is 0 Å². The fourth-order valence-corrected chi connectivity index (χ4v) is 2.46. The smallest absolute Gasteiger partial charge is 0.138 e. The lowest BCUT2D eigenvalue weighted by Gasteiger charge is -2.19. The molecule has 1 aliphatic rings. The first kappa shape index (κ1) is 17.8. The Kier molecular flexibility index (Phi) is 7.02. The van der Waals surface area contributed by atoms with Crippen LogP contribution in [0, 0.1) is 0 Å². The van der Waals surface area contributed by atoms with Gasteiger partial charge in [-0.25, -0.2) is 0 Å². The van der Waals surface area contributed by atoms with Gasteiger partial charge in [-0.3, -0.25) is 4.98 Å². The van der Waals surface area contributed by atoms with E-state index in [1.54, 1.807) is 18.7 Å². The summed E-state index contributed by atoms with van der Waals surface area (Å²) in [5, 5.41) is 0. The minimum atomic E-state index is 0. The van der Waals surface area contributed by atoms with Crippen molar-refractivity contribution >= 4 is 24.8 Å². The first-order valence-electron chi connectivity index (χ1n) is 6.65. The van der Waals surface area contributed by atoms with Gasteiger partial charge in [0, 0.05) is 17.8 Å². The highest BCUT2D eigenvalue weighted by atomic mass is 35.5. The molecule has 116 valence electrons. The van der Waals surface area contributed by atoms with E-state index in [2.05, 4.69) is 16.9 Å². The first-order chi connectivity index (χ1) is 9.33. The van der Waals surface area contributed by atoms with Crippen LogP contribution in [0.4, 0.5) is 0 Å². The van der Waals surface area contributed by atoms with Crippen LogP contribution in [0.3, 0.4) is 0 Å². The minimum absolute atomic E-state index is 0. The van der Waals surface area contributed by atoms with Crippen molar-refractivity contribution in [3.8, 4) is 17.1 Å². The van der Waals surface area contributed by atoms with E-state index in [-0.39, 0.29) is 24.8 Å². The van der Waals surface area contributed by atoms with Gasteiger partial charge in [0.2, 0.25) is 0 Å². The standard InChI is InChI=1S/C15H18N2O2.2ClH/c1-17-6-2-4-13(17)11-19-14-8-12(9-16-10-14)15-5-3-7-18-15;;/h3,5,7-10,13H,2,4,6,11H2,1H3;2*1H/t13-;;/m0../s1. The molecule has 21 heavy (non-hydrogen) atoms. The summed E-state index contributed by atoms with van der Waals surface area (Å²) in [5.74, 6) is 1.62. The molecule has 1 fully saturated rings. The SMILES string of the molecule is CN1CCC[C@H]1COc1cncc(-c2ccco2)c1.Cl.Cl. The van der Waals surface area contributed by atoms with Gasteiger partial charge in [-0.2, -0.15) is 0 Å². The number of hydrogen-bond donors (Lipinski definition) is 0. The number of likely N-dealkylation sites (N-methyl/N-ethyl adjacent to an activating group) is 1. The fraction of sp³-hybridized carbons (Fsp3) is 0.400. The molecule has 0 unspecified atom stereocenters. The zero-order chi connectivity index (χ0) is 13.1. The number of pyridine rings is 1. The molecule has 3 rings (SSSR count). The third kappa shape index (κ3) is 4.37. The van der Waals surface area contributed by atoms with Crippen molar-refractivity contribution in [2.75, 3.05) is 20.2 Å². The van der Waals surface area contributed by atoms with E-state index in [9.17, 15) is 0 Å². The Labute approximate surface area is 137 Å². The number of aromatic nitrogens is 1. The number of hydrogen-bond acceptors (Lipinski definition) is 4. The molecule has 1 aliphatic heterocycles. The molecule has 1 saturated heterocycles. The Morgan fingerprint density at radius 1 is 1.38 bits per heavy atom. The lowest BCUT2D eigenvalue weighted by Crippen LogP contribution is -2.30. The van der Waals surface area contributed by atoms with E-state index in [0.29, 0.717) is 6.04 Å². The number of nitrogens with zero attached hydrogens (tertiary/aromatic N) is 2. The summed E-state index contributed by atoms with van der Waals surface area (Å²) < 4.78 is 11.2. The molecule has 0 saturated carbocycles. The zero-order valence-corrected chi connectivity index (χ0v) is 13.5. The molecule has 0 spiro atoms. The topological polar surface area (TPSA) is 38.5 Å². The predicted molar refractivity (Wildman–Crippen MR) is 87.6 cm³/mol. The van der Waals surface area contributed by atoms with Crippen molar-refractivity contribution in [3.63, 3.8) is 0 Å². The Bertz CT molecular complexity index is 534. The highest BCUT2D eigenvalue weighted by molar-refractivity contribution is 5.85. The predicted octanol–water partition coefficient (Wildman–Crippen LogP) is 3.66. The van der Waals surface area contributed by atoms with Crippen molar-refractivity contribution in [3.05, 3.63) is 36.9 Å². The largest absolute Gasteiger partial charge is 0.490 e. The summed E-state index contributed by atoms with van der Waals surface area (Å²) in [5.41, 5.74) is 0.947. The molecule has 0 aliphatic carbocycles. The van der Waals surface area contributed by atoms with Gasteiger partial charge >= 0.3 is 0 Å². The molecule has 2 aromatic heterocycles. The van der Waals surface area contributed by atoms with Gasteiger partial charge in [0.25, 0.3) is 0 Å². The maximum atomic E-state index is 5.85. The number of rotatable bonds is 4.